The van der Waals surface area contributed by atoms with Crippen molar-refractivity contribution in [3.05, 3.63) is 47.0 Å². The molecule has 0 atom stereocenters. The molecule has 2 aromatic rings. The number of hydrogen-bond donors (Lipinski definition) is 2. The monoisotopic (exact) mass is 622 g/mol. The molecule has 0 bridgehead atoms. The second-order valence-electron chi connectivity index (χ2n) is 10.9. The van der Waals surface area contributed by atoms with Gasteiger partial charge >= 0.3 is 24.1 Å². The predicted molar refractivity (Wildman–Crippen MR) is 159 cm³/mol. The molecule has 2 N–H and O–H groups in total. The third-order valence-corrected chi connectivity index (χ3v) is 6.74. The van der Waals surface area contributed by atoms with E-state index in [1.807, 2.05) is 12.5 Å². The Hall–Kier alpha value is -3.52. The SMILES string of the molecule is CSc1ccc(C(=O)O)nc1CN(CCOC(=O)c1ccc(SC)c(CNC(=O)OC(C)(C)C)n1)C(=O)OC(C)(C)C. The first-order valence-electron chi connectivity index (χ1n) is 13.0. The number of aromatic nitrogens is 2. The minimum Gasteiger partial charge on any atom is -0.477 e. The van der Waals surface area contributed by atoms with Gasteiger partial charge in [-0.25, -0.2) is 29.1 Å². The number of aromatic carboxylic acids is 1. The number of pyridine rings is 2. The Bertz CT molecular complexity index is 1290. The number of carboxylic acid groups (broad SMARTS) is 1. The average molecular weight is 623 g/mol. The lowest BCUT2D eigenvalue weighted by Crippen LogP contribution is -2.39. The Kier molecular flexibility index (Phi) is 12.5. The number of esters is 1. The van der Waals surface area contributed by atoms with Gasteiger partial charge in [0.25, 0.3) is 0 Å². The second-order valence-corrected chi connectivity index (χ2v) is 12.6. The number of carbonyl (C=O) groups is 4. The average Bonchev–Trinajstić information content (AvgIpc) is 2.88. The van der Waals surface area contributed by atoms with E-state index in [0.717, 1.165) is 4.90 Å². The first kappa shape index (κ1) is 34.7. The Morgan fingerprint density at radius 1 is 0.857 bits per heavy atom. The van der Waals surface area contributed by atoms with Crippen LogP contribution in [-0.4, -0.2) is 81.0 Å². The summed E-state index contributed by atoms with van der Waals surface area (Å²) < 4.78 is 16.2. The number of amides is 2. The zero-order chi connectivity index (χ0) is 31.7. The lowest BCUT2D eigenvalue weighted by atomic mass is 10.2. The number of nitrogens with one attached hydrogen (secondary N) is 1. The molecule has 0 unspecified atom stereocenters. The highest BCUT2D eigenvalue weighted by Crippen LogP contribution is 2.23. The van der Waals surface area contributed by atoms with Crippen molar-refractivity contribution >= 4 is 47.6 Å². The van der Waals surface area contributed by atoms with E-state index in [-0.39, 0.29) is 37.6 Å². The van der Waals surface area contributed by atoms with Gasteiger partial charge in [-0.05, 0) is 78.3 Å². The Morgan fingerprint density at radius 3 is 1.95 bits per heavy atom. The molecule has 0 saturated carbocycles. The summed E-state index contributed by atoms with van der Waals surface area (Å²) >= 11 is 2.76. The van der Waals surface area contributed by atoms with Crippen LogP contribution in [0.4, 0.5) is 9.59 Å². The van der Waals surface area contributed by atoms with Gasteiger partial charge < -0.3 is 24.6 Å². The summed E-state index contributed by atoms with van der Waals surface area (Å²) in [6, 6.07) is 6.24. The molecule has 0 aliphatic carbocycles. The molecule has 2 rings (SSSR count). The highest BCUT2D eigenvalue weighted by atomic mass is 32.2. The maximum Gasteiger partial charge on any atom is 0.410 e. The number of carboxylic acids is 1. The summed E-state index contributed by atoms with van der Waals surface area (Å²) in [5.74, 6) is -1.91. The van der Waals surface area contributed by atoms with Crippen molar-refractivity contribution in [1.82, 2.24) is 20.2 Å². The molecule has 0 aliphatic rings. The van der Waals surface area contributed by atoms with Gasteiger partial charge in [-0.15, -0.1) is 23.5 Å². The molecule has 0 spiro atoms. The number of ether oxygens (including phenoxy) is 3. The summed E-state index contributed by atoms with van der Waals surface area (Å²) in [5, 5.41) is 12.0. The van der Waals surface area contributed by atoms with E-state index in [4.69, 9.17) is 14.2 Å². The summed E-state index contributed by atoms with van der Waals surface area (Å²) in [6.45, 7) is 10.2. The van der Waals surface area contributed by atoms with Crippen LogP contribution in [0.5, 0.6) is 0 Å². The molecule has 2 amide bonds. The summed E-state index contributed by atoms with van der Waals surface area (Å²) in [4.78, 5) is 60.7. The molecule has 2 heterocycles. The van der Waals surface area contributed by atoms with Crippen LogP contribution >= 0.6 is 23.5 Å². The van der Waals surface area contributed by atoms with Gasteiger partial charge in [0, 0.05) is 9.79 Å². The Morgan fingerprint density at radius 2 is 1.40 bits per heavy atom. The summed E-state index contributed by atoms with van der Waals surface area (Å²) in [7, 11) is 0. The van der Waals surface area contributed by atoms with Gasteiger partial charge in [0.15, 0.2) is 0 Å². The van der Waals surface area contributed by atoms with E-state index in [9.17, 15) is 24.3 Å². The number of alkyl carbamates (subject to hydrolysis) is 1. The Labute approximate surface area is 254 Å². The standard InChI is InChI=1S/C28H38N4O8S2/c1-27(2,3)39-25(36)29-15-19-21(41-7)12-10-18(31-19)24(35)38-14-13-32(26(37)40-28(4,5)6)16-20-22(42-8)11-9-17(30-20)23(33)34/h9-12H,13-16H2,1-8H3,(H,29,36)(H,33,34). The van der Waals surface area contributed by atoms with Gasteiger partial charge in [-0.3, -0.25) is 4.90 Å². The lowest BCUT2D eigenvalue weighted by Gasteiger charge is -2.27. The number of nitrogens with zero attached hydrogens (tertiary/aromatic N) is 3. The highest BCUT2D eigenvalue weighted by Gasteiger charge is 2.25. The zero-order valence-electron chi connectivity index (χ0n) is 25.1. The molecule has 42 heavy (non-hydrogen) atoms. The summed E-state index contributed by atoms with van der Waals surface area (Å²) in [6.07, 6.45) is 2.37. The number of hydrogen-bond acceptors (Lipinski definition) is 11. The van der Waals surface area contributed by atoms with Crippen LogP contribution in [0, 0.1) is 0 Å². The first-order valence-corrected chi connectivity index (χ1v) is 15.4. The largest absolute Gasteiger partial charge is 0.477 e. The molecule has 0 saturated heterocycles. The molecular formula is C28H38N4O8S2. The molecule has 0 aliphatic heterocycles. The van der Waals surface area contributed by atoms with E-state index >= 15 is 0 Å². The molecular weight excluding hydrogens is 584 g/mol. The van der Waals surface area contributed by atoms with Crippen molar-refractivity contribution in [3.63, 3.8) is 0 Å². The quantitative estimate of drug-likeness (QED) is 0.191. The van der Waals surface area contributed by atoms with Crippen LogP contribution in [0.15, 0.2) is 34.1 Å². The number of thioether (sulfide) groups is 2. The molecule has 230 valence electrons. The fourth-order valence-electron chi connectivity index (χ4n) is 3.36. The van der Waals surface area contributed by atoms with E-state index in [0.29, 0.717) is 16.3 Å². The van der Waals surface area contributed by atoms with E-state index in [1.54, 1.807) is 53.7 Å². The smallest absolute Gasteiger partial charge is 0.410 e. The van der Waals surface area contributed by atoms with Crippen LogP contribution in [0.25, 0.3) is 0 Å². The van der Waals surface area contributed by atoms with Crippen molar-refractivity contribution in [2.24, 2.45) is 0 Å². The molecule has 0 fully saturated rings. The molecule has 14 heteroatoms. The molecule has 0 radical (unpaired) electrons. The fourth-order valence-corrected chi connectivity index (χ4v) is 4.46. The molecule has 12 nitrogen and oxygen atoms in total. The molecule has 0 aromatic carbocycles. The normalized spacial score (nSPS) is 11.4. The van der Waals surface area contributed by atoms with Gasteiger partial charge in [0.1, 0.15) is 29.2 Å². The van der Waals surface area contributed by atoms with Crippen LogP contribution in [0.2, 0.25) is 0 Å². The lowest BCUT2D eigenvalue weighted by molar-refractivity contribution is 0.0145. The Balaban J connectivity index is 2.16. The minimum absolute atomic E-state index is 0.0260. The van der Waals surface area contributed by atoms with Crippen LogP contribution in [0.3, 0.4) is 0 Å². The van der Waals surface area contributed by atoms with Crippen molar-refractivity contribution in [2.75, 3.05) is 25.7 Å². The first-order chi connectivity index (χ1) is 19.5. The van der Waals surface area contributed by atoms with Gasteiger partial charge in [-0.2, -0.15) is 0 Å². The van der Waals surface area contributed by atoms with Crippen LogP contribution in [-0.2, 0) is 27.3 Å². The van der Waals surface area contributed by atoms with Crippen LogP contribution < -0.4 is 5.32 Å². The third-order valence-electron chi connectivity index (χ3n) is 5.12. The van der Waals surface area contributed by atoms with Crippen molar-refractivity contribution in [1.29, 1.82) is 0 Å². The van der Waals surface area contributed by atoms with Gasteiger partial charge in [-0.1, -0.05) is 0 Å². The summed E-state index contributed by atoms with van der Waals surface area (Å²) in [5.41, 5.74) is -0.751. The maximum absolute atomic E-state index is 13.0. The van der Waals surface area contributed by atoms with Crippen LogP contribution in [0.1, 0.15) is 73.9 Å². The number of rotatable bonds is 11. The van der Waals surface area contributed by atoms with Crippen molar-refractivity contribution in [3.8, 4) is 0 Å². The van der Waals surface area contributed by atoms with Gasteiger partial charge in [0.05, 0.1) is 31.0 Å². The van der Waals surface area contributed by atoms with E-state index < -0.39 is 35.3 Å². The van der Waals surface area contributed by atoms with E-state index in [2.05, 4.69) is 15.3 Å². The van der Waals surface area contributed by atoms with Gasteiger partial charge in [0.2, 0.25) is 0 Å². The highest BCUT2D eigenvalue weighted by molar-refractivity contribution is 7.98. The van der Waals surface area contributed by atoms with Crippen molar-refractivity contribution < 1.29 is 38.5 Å². The minimum atomic E-state index is -1.19. The van der Waals surface area contributed by atoms with E-state index in [1.165, 1.54) is 40.6 Å². The topological polar surface area (TPSA) is 157 Å². The molecule has 2 aromatic heterocycles. The maximum atomic E-state index is 13.0. The zero-order valence-corrected chi connectivity index (χ0v) is 26.7. The number of carbonyl (C=O) groups excluding carboxylic acids is 3. The predicted octanol–water partition coefficient (Wildman–Crippen LogP) is 5.24. The third kappa shape index (κ3) is 11.4. The fraction of sp³-hybridized carbons (Fsp3) is 0.500. The second kappa shape index (κ2) is 15.1. The van der Waals surface area contributed by atoms with Crippen molar-refractivity contribution in [2.45, 2.75) is 75.6 Å².